The lowest BCUT2D eigenvalue weighted by Gasteiger charge is -2.18. The normalized spacial score (nSPS) is 15.3. The molecule has 1 aliphatic carbocycles. The van der Waals surface area contributed by atoms with Crippen molar-refractivity contribution in [2.45, 2.75) is 26.2 Å². The van der Waals surface area contributed by atoms with Gasteiger partial charge in [0.25, 0.3) is 0 Å². The minimum absolute atomic E-state index is 0. The quantitative estimate of drug-likeness (QED) is 0.329. The third-order valence-electron chi connectivity index (χ3n) is 6.05. The molecule has 31 heavy (non-hydrogen) atoms. The van der Waals surface area contributed by atoms with Crippen LogP contribution in [0.4, 0.5) is 0 Å². The van der Waals surface area contributed by atoms with Crippen LogP contribution in [0.1, 0.15) is 23.8 Å². The lowest BCUT2D eigenvalue weighted by Crippen LogP contribution is -2.08. The van der Waals surface area contributed by atoms with E-state index >= 15 is 0 Å². The molecule has 160 valence electrons. The molecule has 5 heteroatoms. The molecule has 2 heterocycles. The highest BCUT2D eigenvalue weighted by Crippen LogP contribution is 2.43. The average Bonchev–Trinajstić information content (AvgIpc) is 3.16. The van der Waals surface area contributed by atoms with Crippen LogP contribution in [0.15, 0.2) is 54.6 Å². The molecule has 3 nitrogen and oxygen atoms in total. The molecular formula is C26H26ClNO2S. The molecule has 1 unspecified atom stereocenters. The Morgan fingerprint density at radius 3 is 2.13 bits per heavy atom. The van der Waals surface area contributed by atoms with Gasteiger partial charge in [0.2, 0.25) is 0 Å². The standard InChI is InChI=1S/C26H25NO2S.ClH/c1-16-4-13-21-24(14-16)30-26-25(21)22(17-5-9-19(28-2)10-6-17)15-23(27-26)18-7-11-20(29-3)12-8-18;/h5-12,15-16H,4,13-14H2,1-3H3;1H. The summed E-state index contributed by atoms with van der Waals surface area (Å²) in [4.78, 5) is 7.76. The highest BCUT2D eigenvalue weighted by atomic mass is 35.5. The molecule has 0 radical (unpaired) electrons. The molecular weight excluding hydrogens is 426 g/mol. The van der Waals surface area contributed by atoms with Crippen molar-refractivity contribution in [1.82, 2.24) is 4.98 Å². The zero-order valence-electron chi connectivity index (χ0n) is 18.0. The molecule has 0 fully saturated rings. The summed E-state index contributed by atoms with van der Waals surface area (Å²) in [5.74, 6) is 2.48. The number of halogens is 1. The number of aromatic nitrogens is 1. The van der Waals surface area contributed by atoms with Gasteiger partial charge < -0.3 is 9.47 Å². The molecule has 2 aromatic heterocycles. The third-order valence-corrected chi connectivity index (χ3v) is 7.20. The minimum atomic E-state index is 0. The van der Waals surface area contributed by atoms with E-state index in [0.29, 0.717) is 0 Å². The minimum Gasteiger partial charge on any atom is -0.497 e. The summed E-state index contributed by atoms with van der Waals surface area (Å²) in [7, 11) is 3.40. The second-order valence-electron chi connectivity index (χ2n) is 8.04. The number of pyridine rings is 1. The highest BCUT2D eigenvalue weighted by Gasteiger charge is 2.24. The van der Waals surface area contributed by atoms with Gasteiger partial charge in [0.1, 0.15) is 16.3 Å². The Kier molecular flexibility index (Phi) is 6.22. The fraction of sp³-hybridized carbons (Fsp3) is 0.269. The maximum absolute atomic E-state index is 5.37. The fourth-order valence-electron chi connectivity index (χ4n) is 4.35. The molecule has 0 aliphatic heterocycles. The van der Waals surface area contributed by atoms with Crippen LogP contribution in [0, 0.1) is 5.92 Å². The van der Waals surface area contributed by atoms with Crippen molar-refractivity contribution < 1.29 is 9.47 Å². The molecule has 1 aliphatic rings. The maximum Gasteiger partial charge on any atom is 0.125 e. The van der Waals surface area contributed by atoms with Crippen molar-refractivity contribution in [3.8, 4) is 33.9 Å². The number of nitrogens with zero attached hydrogens (tertiary/aromatic N) is 1. The van der Waals surface area contributed by atoms with E-state index in [1.54, 1.807) is 14.2 Å². The van der Waals surface area contributed by atoms with E-state index in [0.717, 1.165) is 46.3 Å². The van der Waals surface area contributed by atoms with Crippen molar-refractivity contribution in [2.75, 3.05) is 14.2 Å². The highest BCUT2D eigenvalue weighted by molar-refractivity contribution is 7.19. The summed E-state index contributed by atoms with van der Waals surface area (Å²) in [6, 6.07) is 18.8. The maximum atomic E-state index is 5.37. The summed E-state index contributed by atoms with van der Waals surface area (Å²) < 4.78 is 10.7. The molecule has 1 atom stereocenters. The molecule has 2 aromatic carbocycles. The monoisotopic (exact) mass is 451 g/mol. The summed E-state index contributed by atoms with van der Waals surface area (Å²) in [5, 5.41) is 1.34. The second-order valence-corrected chi connectivity index (χ2v) is 9.13. The van der Waals surface area contributed by atoms with E-state index in [4.69, 9.17) is 14.5 Å². The van der Waals surface area contributed by atoms with Crippen LogP contribution in [0.5, 0.6) is 11.5 Å². The first-order valence-corrected chi connectivity index (χ1v) is 11.2. The van der Waals surface area contributed by atoms with Gasteiger partial charge in [-0.3, -0.25) is 0 Å². The van der Waals surface area contributed by atoms with Crippen molar-refractivity contribution in [3.05, 3.63) is 65.0 Å². The average molecular weight is 452 g/mol. The second kappa shape index (κ2) is 8.89. The summed E-state index contributed by atoms with van der Waals surface area (Å²) in [5.41, 5.74) is 6.08. The van der Waals surface area contributed by atoms with Crippen LogP contribution in [0.25, 0.3) is 32.6 Å². The van der Waals surface area contributed by atoms with Gasteiger partial charge in [0.15, 0.2) is 0 Å². The van der Waals surface area contributed by atoms with E-state index in [1.165, 1.54) is 33.4 Å². The first-order chi connectivity index (χ1) is 14.7. The van der Waals surface area contributed by atoms with Crippen LogP contribution < -0.4 is 9.47 Å². The zero-order chi connectivity index (χ0) is 20.7. The topological polar surface area (TPSA) is 31.4 Å². The van der Waals surface area contributed by atoms with Gasteiger partial charge in [-0.05, 0) is 84.3 Å². The molecule has 0 bridgehead atoms. The number of hydrogen-bond donors (Lipinski definition) is 0. The van der Waals surface area contributed by atoms with E-state index < -0.39 is 0 Å². The number of thiophene rings is 1. The number of fused-ring (bicyclic) bond motifs is 3. The number of ether oxygens (including phenoxy) is 2. The molecule has 5 rings (SSSR count). The van der Waals surface area contributed by atoms with E-state index in [9.17, 15) is 0 Å². The molecule has 0 amide bonds. The number of benzene rings is 2. The zero-order valence-corrected chi connectivity index (χ0v) is 19.6. The van der Waals surface area contributed by atoms with Crippen LogP contribution in [0.3, 0.4) is 0 Å². The number of rotatable bonds is 4. The summed E-state index contributed by atoms with van der Waals surface area (Å²) in [6.07, 6.45) is 3.56. The van der Waals surface area contributed by atoms with Crippen LogP contribution in [-0.2, 0) is 12.8 Å². The number of methoxy groups -OCH3 is 2. The van der Waals surface area contributed by atoms with Gasteiger partial charge in [-0.2, -0.15) is 0 Å². The predicted octanol–water partition coefficient (Wildman–Crippen LogP) is 7.19. The first kappa shape index (κ1) is 21.7. The number of aryl methyl sites for hydroxylation is 1. The van der Waals surface area contributed by atoms with Crippen LogP contribution in [-0.4, -0.2) is 19.2 Å². The molecule has 4 aromatic rings. The Hall–Kier alpha value is -2.56. The molecule has 0 saturated carbocycles. The molecule has 0 saturated heterocycles. The van der Waals surface area contributed by atoms with Gasteiger partial charge in [0, 0.05) is 15.8 Å². The van der Waals surface area contributed by atoms with Crippen molar-refractivity contribution >= 4 is 34.0 Å². The van der Waals surface area contributed by atoms with Crippen LogP contribution >= 0.6 is 23.7 Å². The molecule has 0 N–H and O–H groups in total. The Labute approximate surface area is 193 Å². The first-order valence-electron chi connectivity index (χ1n) is 10.4. The van der Waals surface area contributed by atoms with Crippen molar-refractivity contribution in [2.24, 2.45) is 5.92 Å². The summed E-state index contributed by atoms with van der Waals surface area (Å²) in [6.45, 7) is 2.36. The fourth-order valence-corrected chi connectivity index (χ4v) is 5.76. The Morgan fingerprint density at radius 2 is 1.52 bits per heavy atom. The van der Waals surface area contributed by atoms with Gasteiger partial charge in [-0.15, -0.1) is 23.7 Å². The summed E-state index contributed by atoms with van der Waals surface area (Å²) >= 11 is 1.88. The third kappa shape index (κ3) is 4.02. The Balaban J connectivity index is 0.00000231. The smallest absolute Gasteiger partial charge is 0.125 e. The van der Waals surface area contributed by atoms with Gasteiger partial charge in [-0.25, -0.2) is 4.98 Å². The predicted molar refractivity (Wildman–Crippen MR) is 132 cm³/mol. The lowest BCUT2D eigenvalue weighted by atomic mass is 9.87. The van der Waals surface area contributed by atoms with E-state index in [-0.39, 0.29) is 12.4 Å². The number of hydrogen-bond acceptors (Lipinski definition) is 4. The van der Waals surface area contributed by atoms with Crippen molar-refractivity contribution in [1.29, 1.82) is 0 Å². The van der Waals surface area contributed by atoms with Gasteiger partial charge in [0.05, 0.1) is 19.9 Å². The molecule has 0 spiro atoms. The van der Waals surface area contributed by atoms with E-state index in [1.807, 2.05) is 35.6 Å². The SMILES string of the molecule is COc1ccc(-c2cc(-c3ccc(OC)cc3)c3c4c(sc3n2)CC(C)CC4)cc1.Cl. The van der Waals surface area contributed by atoms with Gasteiger partial charge >= 0.3 is 0 Å². The lowest BCUT2D eigenvalue weighted by molar-refractivity contribution is 0.415. The largest absolute Gasteiger partial charge is 0.497 e. The van der Waals surface area contributed by atoms with Crippen molar-refractivity contribution in [3.63, 3.8) is 0 Å². The Bertz CT molecular complexity index is 1200. The Morgan fingerprint density at radius 1 is 0.903 bits per heavy atom. The van der Waals surface area contributed by atoms with Gasteiger partial charge in [-0.1, -0.05) is 19.1 Å². The van der Waals surface area contributed by atoms with Crippen LogP contribution in [0.2, 0.25) is 0 Å². The van der Waals surface area contributed by atoms with E-state index in [2.05, 4.69) is 37.3 Å².